The topological polar surface area (TPSA) is 76.5 Å². The fraction of sp³-hybridized carbons (Fsp3) is 0.207. The predicted octanol–water partition coefficient (Wildman–Crippen LogP) is 4.50. The van der Waals surface area contributed by atoms with Gasteiger partial charge in [0.1, 0.15) is 5.82 Å². The molecule has 3 aromatic carbocycles. The predicted molar refractivity (Wildman–Crippen MR) is 141 cm³/mol. The first-order chi connectivity index (χ1) is 17.5. The molecule has 4 rings (SSSR count). The van der Waals surface area contributed by atoms with E-state index in [1.54, 1.807) is 11.8 Å². The average molecular weight is 483 g/mol. The SMILES string of the molecule is COCCN(CC(=O)Nc1cc(-c2ccccc2)nn1-c1ccc(C)cc1)C(=O)Cc1ccccc1. The molecule has 4 aromatic rings. The van der Waals surface area contributed by atoms with Crippen LogP contribution < -0.4 is 5.32 Å². The number of hydrogen-bond acceptors (Lipinski definition) is 4. The van der Waals surface area contributed by atoms with Crippen LogP contribution in [0.5, 0.6) is 0 Å². The van der Waals surface area contributed by atoms with Crippen molar-refractivity contribution in [2.75, 3.05) is 32.1 Å². The van der Waals surface area contributed by atoms with E-state index in [4.69, 9.17) is 9.84 Å². The number of benzene rings is 3. The molecule has 2 amide bonds. The second-order valence-corrected chi connectivity index (χ2v) is 8.55. The number of anilines is 1. The van der Waals surface area contributed by atoms with Gasteiger partial charge in [-0.05, 0) is 24.6 Å². The normalized spacial score (nSPS) is 10.7. The molecule has 0 fully saturated rings. The van der Waals surface area contributed by atoms with Gasteiger partial charge in [-0.15, -0.1) is 0 Å². The number of nitrogens with one attached hydrogen (secondary N) is 1. The van der Waals surface area contributed by atoms with Crippen LogP contribution in [-0.4, -0.2) is 53.3 Å². The molecule has 0 aliphatic rings. The molecule has 1 heterocycles. The van der Waals surface area contributed by atoms with Gasteiger partial charge in [0.15, 0.2) is 0 Å². The monoisotopic (exact) mass is 482 g/mol. The Hall–Kier alpha value is -4.23. The smallest absolute Gasteiger partial charge is 0.245 e. The van der Waals surface area contributed by atoms with Crippen LogP contribution in [0.3, 0.4) is 0 Å². The van der Waals surface area contributed by atoms with Gasteiger partial charge in [0.05, 0.1) is 31.0 Å². The molecule has 7 nitrogen and oxygen atoms in total. The van der Waals surface area contributed by atoms with Crippen LogP contribution in [0, 0.1) is 6.92 Å². The maximum atomic E-state index is 13.1. The van der Waals surface area contributed by atoms with Gasteiger partial charge in [-0.2, -0.15) is 5.10 Å². The summed E-state index contributed by atoms with van der Waals surface area (Å²) in [6, 6.07) is 29.1. The Balaban J connectivity index is 1.55. The molecular formula is C29H30N4O3. The molecule has 0 spiro atoms. The molecule has 0 aliphatic heterocycles. The van der Waals surface area contributed by atoms with Crippen LogP contribution in [0.2, 0.25) is 0 Å². The summed E-state index contributed by atoms with van der Waals surface area (Å²) in [7, 11) is 1.57. The molecule has 0 bridgehead atoms. The van der Waals surface area contributed by atoms with Crippen molar-refractivity contribution in [1.29, 1.82) is 0 Å². The third kappa shape index (κ3) is 6.46. The number of ether oxygens (including phenoxy) is 1. The van der Waals surface area contributed by atoms with Crippen LogP contribution in [0.15, 0.2) is 91.0 Å². The highest BCUT2D eigenvalue weighted by Crippen LogP contribution is 2.25. The number of carbonyl (C=O) groups excluding carboxylic acids is 2. The van der Waals surface area contributed by atoms with Crippen molar-refractivity contribution in [3.05, 3.63) is 102 Å². The summed E-state index contributed by atoms with van der Waals surface area (Å²) in [4.78, 5) is 27.7. The summed E-state index contributed by atoms with van der Waals surface area (Å²) < 4.78 is 6.88. The van der Waals surface area contributed by atoms with Crippen molar-refractivity contribution in [2.45, 2.75) is 13.3 Å². The number of aryl methyl sites for hydroxylation is 1. The zero-order valence-corrected chi connectivity index (χ0v) is 20.6. The van der Waals surface area contributed by atoms with Gasteiger partial charge in [-0.1, -0.05) is 78.4 Å². The molecule has 0 saturated heterocycles. The lowest BCUT2D eigenvalue weighted by molar-refractivity contribution is -0.134. The zero-order chi connectivity index (χ0) is 25.3. The zero-order valence-electron chi connectivity index (χ0n) is 20.6. The largest absolute Gasteiger partial charge is 0.383 e. The lowest BCUT2D eigenvalue weighted by Gasteiger charge is -2.22. The molecule has 0 radical (unpaired) electrons. The third-order valence-electron chi connectivity index (χ3n) is 5.78. The molecule has 1 aromatic heterocycles. The van der Waals surface area contributed by atoms with E-state index in [1.165, 1.54) is 4.90 Å². The number of hydrogen-bond donors (Lipinski definition) is 1. The Kier molecular flexibility index (Phi) is 8.26. The number of rotatable bonds is 10. The Morgan fingerprint density at radius 3 is 2.28 bits per heavy atom. The number of aromatic nitrogens is 2. The first kappa shape index (κ1) is 24.9. The number of nitrogens with zero attached hydrogens (tertiary/aromatic N) is 3. The summed E-state index contributed by atoms with van der Waals surface area (Å²) in [5.74, 6) is 0.0933. The van der Waals surface area contributed by atoms with Crippen LogP contribution >= 0.6 is 0 Å². The summed E-state index contributed by atoms with van der Waals surface area (Å²) in [6.45, 7) is 2.59. The molecular weight excluding hydrogens is 452 g/mol. The summed E-state index contributed by atoms with van der Waals surface area (Å²) in [5.41, 5.74) is 4.54. The first-order valence-corrected chi connectivity index (χ1v) is 11.9. The molecule has 36 heavy (non-hydrogen) atoms. The maximum Gasteiger partial charge on any atom is 0.245 e. The van der Waals surface area contributed by atoms with Crippen molar-refractivity contribution in [2.24, 2.45) is 0 Å². The number of methoxy groups -OCH3 is 1. The molecule has 7 heteroatoms. The second-order valence-electron chi connectivity index (χ2n) is 8.55. The fourth-order valence-corrected chi connectivity index (χ4v) is 3.83. The molecule has 0 atom stereocenters. The second kappa shape index (κ2) is 12.0. The Morgan fingerprint density at radius 2 is 1.61 bits per heavy atom. The van der Waals surface area contributed by atoms with Crippen molar-refractivity contribution < 1.29 is 14.3 Å². The fourth-order valence-electron chi connectivity index (χ4n) is 3.83. The van der Waals surface area contributed by atoms with Gasteiger partial charge in [-0.25, -0.2) is 4.68 Å². The third-order valence-corrected chi connectivity index (χ3v) is 5.78. The van der Waals surface area contributed by atoms with Crippen LogP contribution in [0.1, 0.15) is 11.1 Å². The van der Waals surface area contributed by atoms with Gasteiger partial charge >= 0.3 is 0 Å². The first-order valence-electron chi connectivity index (χ1n) is 11.9. The van der Waals surface area contributed by atoms with E-state index >= 15 is 0 Å². The van der Waals surface area contributed by atoms with Gasteiger partial charge in [0, 0.05) is 25.3 Å². The van der Waals surface area contributed by atoms with Gasteiger partial charge in [0.2, 0.25) is 11.8 Å². The molecule has 184 valence electrons. The van der Waals surface area contributed by atoms with Crippen molar-refractivity contribution >= 4 is 17.6 Å². The lowest BCUT2D eigenvalue weighted by Crippen LogP contribution is -2.41. The minimum absolute atomic E-state index is 0.0885. The van der Waals surface area contributed by atoms with Crippen LogP contribution in [0.25, 0.3) is 16.9 Å². The van der Waals surface area contributed by atoms with Crippen molar-refractivity contribution in [3.63, 3.8) is 0 Å². The van der Waals surface area contributed by atoms with Crippen LogP contribution in [0.4, 0.5) is 5.82 Å². The molecule has 0 aliphatic carbocycles. The van der Waals surface area contributed by atoms with Crippen molar-refractivity contribution in [1.82, 2.24) is 14.7 Å². The summed E-state index contributed by atoms with van der Waals surface area (Å²) in [5, 5.41) is 7.72. The van der Waals surface area contributed by atoms with Gasteiger partial charge in [0.25, 0.3) is 0 Å². The Morgan fingerprint density at radius 1 is 0.944 bits per heavy atom. The highest BCUT2D eigenvalue weighted by molar-refractivity contribution is 5.95. The molecule has 0 saturated carbocycles. The minimum Gasteiger partial charge on any atom is -0.383 e. The lowest BCUT2D eigenvalue weighted by atomic mass is 10.1. The Labute approximate surface area is 211 Å². The molecule has 1 N–H and O–H groups in total. The number of carbonyl (C=O) groups is 2. The van der Waals surface area contributed by atoms with Gasteiger partial charge in [-0.3, -0.25) is 9.59 Å². The number of amides is 2. The highest BCUT2D eigenvalue weighted by Gasteiger charge is 2.20. The molecule has 0 unspecified atom stereocenters. The van der Waals surface area contributed by atoms with E-state index in [2.05, 4.69) is 5.32 Å². The summed E-state index contributed by atoms with van der Waals surface area (Å²) in [6.07, 6.45) is 0.220. The van der Waals surface area contributed by atoms with E-state index in [0.29, 0.717) is 19.0 Å². The van der Waals surface area contributed by atoms with E-state index in [-0.39, 0.29) is 24.8 Å². The van der Waals surface area contributed by atoms with Gasteiger partial charge < -0.3 is 15.0 Å². The maximum absolute atomic E-state index is 13.1. The van der Waals surface area contributed by atoms with E-state index < -0.39 is 0 Å². The van der Waals surface area contributed by atoms with E-state index in [9.17, 15) is 9.59 Å². The standard InChI is InChI=1S/C29H30N4O3/c1-22-13-15-25(16-14-22)33-27(20-26(31-33)24-11-7-4-8-12-24)30-28(34)21-32(17-18-36-2)29(35)19-23-9-5-3-6-10-23/h3-16,20H,17-19,21H2,1-2H3,(H,30,34). The summed E-state index contributed by atoms with van der Waals surface area (Å²) >= 11 is 0. The quantitative estimate of drug-likeness (QED) is 0.361. The highest BCUT2D eigenvalue weighted by atomic mass is 16.5. The average Bonchev–Trinajstić information content (AvgIpc) is 3.31. The minimum atomic E-state index is -0.305. The Bertz CT molecular complexity index is 1290. The van der Waals surface area contributed by atoms with Crippen molar-refractivity contribution in [3.8, 4) is 16.9 Å². The van der Waals surface area contributed by atoms with E-state index in [0.717, 1.165) is 28.1 Å². The van der Waals surface area contributed by atoms with E-state index in [1.807, 2.05) is 97.9 Å². The van der Waals surface area contributed by atoms with Crippen LogP contribution in [-0.2, 0) is 20.7 Å².